The summed E-state index contributed by atoms with van der Waals surface area (Å²) in [4.78, 5) is 0. The van der Waals surface area contributed by atoms with Crippen molar-refractivity contribution in [2.45, 2.75) is 72.1 Å². The molecule has 0 saturated heterocycles. The Balaban J connectivity index is 0.00000266. The molecule has 2 aliphatic rings. The van der Waals surface area contributed by atoms with Gasteiger partial charge in [0, 0.05) is 0 Å². The van der Waals surface area contributed by atoms with Crippen LogP contribution in [0.5, 0.6) is 0 Å². The third-order valence-electron chi connectivity index (χ3n) is 12.3. The van der Waals surface area contributed by atoms with Crippen LogP contribution in [0.2, 0.25) is 5.02 Å². The summed E-state index contributed by atoms with van der Waals surface area (Å²) in [5.74, 6) is 0. The molecule has 0 N–H and O–H groups in total. The van der Waals surface area contributed by atoms with Crippen molar-refractivity contribution in [1.29, 1.82) is 0 Å². The van der Waals surface area contributed by atoms with E-state index in [0.29, 0.717) is 0 Å². The minimum atomic E-state index is -5.19. The van der Waals surface area contributed by atoms with Gasteiger partial charge in [-0.05, 0) is 0 Å². The predicted octanol–water partition coefficient (Wildman–Crippen LogP) is 13.2. The number of aryl methyl sites for hydroxylation is 1. The third kappa shape index (κ3) is 6.72. The van der Waals surface area contributed by atoms with Gasteiger partial charge >= 0.3 is 331 Å². The first-order valence-electron chi connectivity index (χ1n) is 19.4. The molecule has 0 radical (unpaired) electrons. The van der Waals surface area contributed by atoms with E-state index in [2.05, 4.69) is 194 Å². The van der Waals surface area contributed by atoms with Crippen molar-refractivity contribution < 1.29 is 18.3 Å². The van der Waals surface area contributed by atoms with E-state index in [-0.39, 0.29) is 35.6 Å². The fraction of sp³-hybridized carbons (Fsp3) is 0.212. The zero-order chi connectivity index (χ0) is 38.1. The van der Waals surface area contributed by atoms with Crippen molar-refractivity contribution in [2.24, 2.45) is 0 Å². The Kier molecular flexibility index (Phi) is 11.5. The number of benzene rings is 6. The zero-order valence-corrected chi connectivity index (χ0v) is 38.5. The summed E-state index contributed by atoms with van der Waals surface area (Å²) in [6.45, 7) is 16.4. The third-order valence-corrected chi connectivity index (χ3v) is 28.9. The van der Waals surface area contributed by atoms with Gasteiger partial charge in [0.2, 0.25) is 0 Å². The number of rotatable bonds is 6. The Hall–Kier alpha value is -3.58. The number of hydrogen-bond acceptors (Lipinski definition) is 0. The van der Waals surface area contributed by atoms with Crippen molar-refractivity contribution in [3.05, 3.63) is 182 Å². The van der Waals surface area contributed by atoms with Crippen LogP contribution in [0.25, 0.3) is 33.4 Å². The number of fused-ring (bicyclic) bond motifs is 3. The number of halogens is 3. The maximum atomic E-state index is 6.74. The zero-order valence-electron chi connectivity index (χ0n) is 33.7. The number of allylic oxidation sites excluding steroid dienone is 4. The van der Waals surface area contributed by atoms with Crippen LogP contribution >= 0.6 is 36.4 Å². The van der Waals surface area contributed by atoms with Gasteiger partial charge in [-0.3, -0.25) is 0 Å². The van der Waals surface area contributed by atoms with Crippen LogP contribution in [-0.4, -0.2) is 4.21 Å². The normalized spacial score (nSPS) is 13.7. The molecule has 286 valence electrons. The molecule has 0 unspecified atom stereocenters. The molecule has 0 aliphatic heterocycles. The van der Waals surface area contributed by atoms with Gasteiger partial charge in [-0.1, -0.05) is 0 Å². The molecular formula is C52H53Cl3Zr. The quantitative estimate of drug-likeness (QED) is 0.156. The summed E-state index contributed by atoms with van der Waals surface area (Å²) in [5, 5.41) is 0.748. The second-order valence-corrected chi connectivity index (χ2v) is 31.1. The summed E-state index contributed by atoms with van der Waals surface area (Å²) in [6, 6.07) is 48.1. The first-order valence-corrected chi connectivity index (χ1v) is 26.4. The van der Waals surface area contributed by atoms with E-state index in [1.165, 1.54) is 74.3 Å². The summed E-state index contributed by atoms with van der Waals surface area (Å²) in [7, 11) is 0. The van der Waals surface area contributed by atoms with Crippen LogP contribution in [0.3, 0.4) is 0 Å². The van der Waals surface area contributed by atoms with Crippen molar-refractivity contribution in [3.63, 3.8) is 0 Å². The Morgan fingerprint density at radius 2 is 1.14 bits per heavy atom. The maximum absolute atomic E-state index is 6.74. The van der Waals surface area contributed by atoms with E-state index in [4.69, 9.17) is 15.8 Å². The van der Waals surface area contributed by atoms with Gasteiger partial charge in [-0.25, -0.2) is 0 Å². The first kappa shape index (κ1) is 42.0. The molecular weight excluding hydrogens is 822 g/mol. The van der Waals surface area contributed by atoms with E-state index >= 15 is 0 Å². The van der Waals surface area contributed by atoms with E-state index in [1.807, 2.05) is 0 Å². The van der Waals surface area contributed by atoms with Crippen molar-refractivity contribution >= 4 is 50.4 Å². The van der Waals surface area contributed by atoms with Crippen molar-refractivity contribution in [2.75, 3.05) is 0 Å². The van der Waals surface area contributed by atoms with Gasteiger partial charge < -0.3 is 0 Å². The van der Waals surface area contributed by atoms with Gasteiger partial charge in [-0.15, -0.1) is 24.8 Å². The van der Waals surface area contributed by atoms with E-state index in [1.54, 1.807) is 0 Å². The average molecular weight is 876 g/mol. The topological polar surface area (TPSA) is 0 Å². The summed E-state index contributed by atoms with van der Waals surface area (Å²) in [5.41, 5.74) is 14.6. The Labute approximate surface area is 353 Å². The van der Waals surface area contributed by atoms with Gasteiger partial charge in [0.1, 0.15) is 0 Å². The average Bonchev–Trinajstić information content (AvgIpc) is 3.83. The molecule has 0 fully saturated rings. The molecule has 4 heteroatoms. The van der Waals surface area contributed by atoms with E-state index in [9.17, 15) is 0 Å². The molecule has 0 nitrogen and oxygen atoms in total. The molecule has 6 aromatic rings. The van der Waals surface area contributed by atoms with Gasteiger partial charge in [0.25, 0.3) is 0 Å². The molecule has 8 rings (SSSR count). The minimum absolute atomic E-state index is 0. The molecule has 0 aromatic heterocycles. The summed E-state index contributed by atoms with van der Waals surface area (Å²) < 4.78 is 11.5. The molecule has 0 atom stereocenters. The molecule has 0 amide bonds. The SMILES string of the molecule is Cl.Cl.[CH2]=[Zr]([C]1=CC=CC1)([c]1ccc(C)cc1)([c]1ccc(Cl)cc1)[c]1c2c(cc(C(C)(C)C)c1-c1ccccc1)-c1cc(C(C)(C)C)c(-c3ccccc3)cc1C2. The Morgan fingerprint density at radius 1 is 0.607 bits per heavy atom. The van der Waals surface area contributed by atoms with Gasteiger partial charge in [0.15, 0.2) is 0 Å². The fourth-order valence-electron chi connectivity index (χ4n) is 9.54. The molecule has 56 heavy (non-hydrogen) atoms. The molecule has 2 aliphatic carbocycles. The van der Waals surface area contributed by atoms with Crippen LogP contribution in [0.1, 0.15) is 75.8 Å². The van der Waals surface area contributed by atoms with Crippen LogP contribution in [0.15, 0.2) is 149 Å². The Morgan fingerprint density at radius 3 is 1.68 bits per heavy atom. The monoisotopic (exact) mass is 872 g/mol. The summed E-state index contributed by atoms with van der Waals surface area (Å²) >= 11 is 1.55. The summed E-state index contributed by atoms with van der Waals surface area (Å²) in [6.07, 6.45) is 8.77. The van der Waals surface area contributed by atoms with Crippen molar-refractivity contribution in [1.82, 2.24) is 0 Å². The predicted molar refractivity (Wildman–Crippen MR) is 248 cm³/mol. The molecule has 6 aromatic carbocycles. The van der Waals surface area contributed by atoms with E-state index in [0.717, 1.165) is 17.9 Å². The Bertz CT molecular complexity index is 2490. The van der Waals surface area contributed by atoms with Crippen LogP contribution in [0.4, 0.5) is 0 Å². The van der Waals surface area contributed by atoms with Crippen LogP contribution in [0, 0.1) is 6.92 Å². The van der Waals surface area contributed by atoms with Crippen molar-refractivity contribution in [3.8, 4) is 33.4 Å². The second kappa shape index (κ2) is 15.3. The molecule has 0 bridgehead atoms. The standard InChI is InChI=1S/C33H33.C7H7.C6H4Cl.C5H5.CH2.2ClH.Zr/c1-32(2,3)30-20-26-24(18-28(30)22-13-9-7-10-14-22)17-25-19-29(23-15-11-8-12-16-23)31(21-27(25)26)33(4,5)6;1-7-5-3-2-4-6-7;7-6-4-2-1-3-5-6;1-2-4-5-3-1;;;;/h7-16,18,20-21H,17H2,1-6H3;3-6H,1H3;2-5H;1-3H,4H2;1H2;2*1H;. The number of hydrogen-bond donors (Lipinski definition) is 0. The fourth-order valence-corrected chi connectivity index (χ4v) is 25.7. The first-order chi connectivity index (χ1) is 25.7. The molecule has 0 saturated carbocycles. The molecule has 0 heterocycles. The van der Waals surface area contributed by atoms with Crippen LogP contribution < -0.4 is 9.81 Å². The van der Waals surface area contributed by atoms with E-state index < -0.39 is 18.3 Å². The van der Waals surface area contributed by atoms with Gasteiger partial charge in [-0.2, -0.15) is 0 Å². The second-order valence-electron chi connectivity index (χ2n) is 17.8. The van der Waals surface area contributed by atoms with Crippen LogP contribution in [-0.2, 0) is 35.5 Å². The van der Waals surface area contributed by atoms with Gasteiger partial charge in [0.05, 0.1) is 0 Å². The molecule has 0 spiro atoms.